The van der Waals surface area contributed by atoms with Gasteiger partial charge in [-0.3, -0.25) is 4.79 Å². The molecular formula is C14H22O. The van der Waals surface area contributed by atoms with E-state index in [2.05, 4.69) is 27.4 Å². The molecule has 1 nitrogen and oxygen atoms in total. The second-order valence-corrected chi connectivity index (χ2v) is 6.04. The molecule has 84 valence electrons. The normalized spacial score (nSPS) is 45.3. The number of hydrogen-bond donors (Lipinski definition) is 0. The van der Waals surface area contributed by atoms with Crippen LogP contribution in [0.5, 0.6) is 0 Å². The van der Waals surface area contributed by atoms with E-state index in [9.17, 15) is 4.79 Å². The summed E-state index contributed by atoms with van der Waals surface area (Å²) >= 11 is 0. The number of fused-ring (bicyclic) bond motifs is 1. The van der Waals surface area contributed by atoms with Crippen LogP contribution in [0.4, 0.5) is 0 Å². The summed E-state index contributed by atoms with van der Waals surface area (Å²) in [5.41, 5.74) is 1.60. The molecule has 0 N–H and O–H groups in total. The van der Waals surface area contributed by atoms with Crippen LogP contribution in [-0.2, 0) is 4.79 Å². The van der Waals surface area contributed by atoms with Crippen LogP contribution in [0.1, 0.15) is 46.5 Å². The van der Waals surface area contributed by atoms with Crippen molar-refractivity contribution >= 4 is 5.78 Å². The van der Waals surface area contributed by atoms with Crippen LogP contribution >= 0.6 is 0 Å². The maximum absolute atomic E-state index is 11.6. The van der Waals surface area contributed by atoms with Gasteiger partial charge < -0.3 is 0 Å². The van der Waals surface area contributed by atoms with Crippen LogP contribution in [0.2, 0.25) is 0 Å². The fraction of sp³-hybridized carbons (Fsp3) is 0.786. The molecule has 0 aliphatic heterocycles. The third-order valence-electron chi connectivity index (χ3n) is 5.01. The molecule has 2 rings (SSSR count). The van der Waals surface area contributed by atoms with Crippen molar-refractivity contribution < 1.29 is 4.79 Å². The van der Waals surface area contributed by atoms with E-state index < -0.39 is 0 Å². The molecule has 0 heterocycles. The maximum atomic E-state index is 11.6. The van der Waals surface area contributed by atoms with Gasteiger partial charge in [0, 0.05) is 12.8 Å². The molecule has 0 saturated heterocycles. The highest BCUT2D eigenvalue weighted by molar-refractivity contribution is 5.82. The van der Waals surface area contributed by atoms with Crippen LogP contribution in [0.25, 0.3) is 0 Å². The highest BCUT2D eigenvalue weighted by Crippen LogP contribution is 2.55. The lowest BCUT2D eigenvalue weighted by molar-refractivity contribution is -0.118. The Labute approximate surface area is 92.9 Å². The quantitative estimate of drug-likeness (QED) is 0.599. The second kappa shape index (κ2) is 3.47. The fourth-order valence-corrected chi connectivity index (χ4v) is 3.62. The first-order valence-electron chi connectivity index (χ1n) is 6.10. The standard InChI is InChI=1S/C14H22O/c1-9(2)11-5-10(3)14(4)8-13(15)7-12(14)6-11/h10-12H,1,5-8H2,2-4H3/t10-,11-,12-,14+/m1/s1. The van der Waals surface area contributed by atoms with Crippen molar-refractivity contribution in [1.29, 1.82) is 0 Å². The number of hydrogen-bond acceptors (Lipinski definition) is 1. The Morgan fingerprint density at radius 1 is 1.47 bits per heavy atom. The van der Waals surface area contributed by atoms with Gasteiger partial charge in [0.2, 0.25) is 0 Å². The zero-order valence-electron chi connectivity index (χ0n) is 10.2. The lowest BCUT2D eigenvalue weighted by Crippen LogP contribution is -2.37. The summed E-state index contributed by atoms with van der Waals surface area (Å²) in [4.78, 5) is 11.6. The van der Waals surface area contributed by atoms with E-state index in [0.29, 0.717) is 29.0 Å². The van der Waals surface area contributed by atoms with Crippen LogP contribution in [0.3, 0.4) is 0 Å². The Kier molecular flexibility index (Phi) is 2.52. The SMILES string of the molecule is C=C(C)[C@H]1C[C@@H]2CC(=O)C[C@@]2(C)[C@H](C)C1. The van der Waals surface area contributed by atoms with Crippen molar-refractivity contribution in [2.45, 2.75) is 46.5 Å². The minimum atomic E-state index is 0.295. The molecule has 0 unspecified atom stereocenters. The molecule has 0 aromatic carbocycles. The van der Waals surface area contributed by atoms with Crippen molar-refractivity contribution in [2.75, 3.05) is 0 Å². The number of carbonyl (C=O) groups is 1. The first-order chi connectivity index (χ1) is 6.93. The first-order valence-corrected chi connectivity index (χ1v) is 6.10. The highest BCUT2D eigenvalue weighted by Gasteiger charge is 2.50. The minimum absolute atomic E-state index is 0.295. The van der Waals surface area contributed by atoms with E-state index >= 15 is 0 Å². The summed E-state index contributed by atoms with van der Waals surface area (Å²) in [5.74, 6) is 2.43. The Balaban J connectivity index is 2.21. The van der Waals surface area contributed by atoms with Gasteiger partial charge in [-0.15, -0.1) is 0 Å². The number of rotatable bonds is 1. The van der Waals surface area contributed by atoms with E-state index in [-0.39, 0.29) is 0 Å². The predicted molar refractivity (Wildman–Crippen MR) is 62.5 cm³/mol. The van der Waals surface area contributed by atoms with Gasteiger partial charge in [0.05, 0.1) is 0 Å². The van der Waals surface area contributed by atoms with Crippen LogP contribution in [0, 0.1) is 23.2 Å². The molecule has 0 spiro atoms. The van der Waals surface area contributed by atoms with Gasteiger partial charge in [-0.25, -0.2) is 0 Å². The van der Waals surface area contributed by atoms with Crippen molar-refractivity contribution in [1.82, 2.24) is 0 Å². The van der Waals surface area contributed by atoms with Crippen molar-refractivity contribution in [3.05, 3.63) is 12.2 Å². The monoisotopic (exact) mass is 206 g/mol. The third-order valence-corrected chi connectivity index (χ3v) is 5.01. The average molecular weight is 206 g/mol. The largest absolute Gasteiger partial charge is 0.300 e. The zero-order chi connectivity index (χ0) is 11.2. The molecule has 0 aromatic heterocycles. The summed E-state index contributed by atoms with van der Waals surface area (Å²) < 4.78 is 0. The van der Waals surface area contributed by atoms with E-state index in [1.807, 2.05) is 0 Å². The van der Waals surface area contributed by atoms with Crippen LogP contribution in [-0.4, -0.2) is 5.78 Å². The van der Waals surface area contributed by atoms with Gasteiger partial charge >= 0.3 is 0 Å². The molecule has 0 amide bonds. The molecule has 2 aliphatic carbocycles. The molecule has 0 aromatic rings. The van der Waals surface area contributed by atoms with Gasteiger partial charge in [-0.1, -0.05) is 26.0 Å². The summed E-state index contributed by atoms with van der Waals surface area (Å²) in [6.07, 6.45) is 4.07. The average Bonchev–Trinajstić information content (AvgIpc) is 2.41. The number of ketones is 1. The zero-order valence-corrected chi connectivity index (χ0v) is 10.2. The second-order valence-electron chi connectivity index (χ2n) is 6.04. The number of allylic oxidation sites excluding steroid dienone is 1. The lowest BCUT2D eigenvalue weighted by Gasteiger charge is -2.45. The Hall–Kier alpha value is -0.590. The van der Waals surface area contributed by atoms with E-state index in [4.69, 9.17) is 0 Å². The molecule has 2 aliphatic rings. The van der Waals surface area contributed by atoms with Gasteiger partial charge in [0.25, 0.3) is 0 Å². The van der Waals surface area contributed by atoms with Gasteiger partial charge in [-0.05, 0) is 42.9 Å². The molecule has 15 heavy (non-hydrogen) atoms. The van der Waals surface area contributed by atoms with Crippen molar-refractivity contribution in [3.8, 4) is 0 Å². The number of Topliss-reactive ketones (excluding diaryl/α,β-unsaturated/α-hetero) is 1. The smallest absolute Gasteiger partial charge is 0.133 e. The van der Waals surface area contributed by atoms with Gasteiger partial charge in [0.15, 0.2) is 0 Å². The molecule has 0 bridgehead atoms. The molecule has 2 fully saturated rings. The lowest BCUT2D eigenvalue weighted by atomic mass is 9.59. The van der Waals surface area contributed by atoms with E-state index in [1.54, 1.807) is 0 Å². The van der Waals surface area contributed by atoms with E-state index in [0.717, 1.165) is 12.8 Å². The molecule has 0 radical (unpaired) electrons. The minimum Gasteiger partial charge on any atom is -0.300 e. The molecular weight excluding hydrogens is 184 g/mol. The van der Waals surface area contributed by atoms with E-state index in [1.165, 1.54) is 18.4 Å². The summed E-state index contributed by atoms with van der Waals surface area (Å²) in [5, 5.41) is 0. The molecule has 4 atom stereocenters. The Bertz CT molecular complexity index is 304. The van der Waals surface area contributed by atoms with Gasteiger partial charge in [0.1, 0.15) is 5.78 Å². The summed E-state index contributed by atoms with van der Waals surface area (Å²) in [7, 11) is 0. The summed E-state index contributed by atoms with van der Waals surface area (Å²) in [6, 6.07) is 0. The van der Waals surface area contributed by atoms with Gasteiger partial charge in [-0.2, -0.15) is 0 Å². The van der Waals surface area contributed by atoms with Crippen LogP contribution < -0.4 is 0 Å². The van der Waals surface area contributed by atoms with Crippen molar-refractivity contribution in [3.63, 3.8) is 0 Å². The van der Waals surface area contributed by atoms with Crippen LogP contribution in [0.15, 0.2) is 12.2 Å². The number of carbonyl (C=O) groups excluding carboxylic acids is 1. The molecule has 2 saturated carbocycles. The fourth-order valence-electron chi connectivity index (χ4n) is 3.62. The highest BCUT2D eigenvalue weighted by atomic mass is 16.1. The predicted octanol–water partition coefficient (Wildman–Crippen LogP) is 3.59. The maximum Gasteiger partial charge on any atom is 0.133 e. The van der Waals surface area contributed by atoms with Crippen molar-refractivity contribution in [2.24, 2.45) is 23.2 Å². The molecule has 1 heteroatoms. The first kappa shape index (κ1) is 10.9. The third kappa shape index (κ3) is 1.66. The topological polar surface area (TPSA) is 17.1 Å². The Morgan fingerprint density at radius 2 is 2.13 bits per heavy atom. The summed E-state index contributed by atoms with van der Waals surface area (Å²) in [6.45, 7) is 10.9. The Morgan fingerprint density at radius 3 is 2.73 bits per heavy atom.